The van der Waals surface area contributed by atoms with Crippen LogP contribution in [0.15, 0.2) is 0 Å². The van der Waals surface area contributed by atoms with Crippen LogP contribution in [-0.4, -0.2) is 12.6 Å². The van der Waals surface area contributed by atoms with Crippen molar-refractivity contribution in [1.29, 1.82) is 0 Å². The van der Waals surface area contributed by atoms with Crippen LogP contribution in [0.5, 0.6) is 0 Å². The van der Waals surface area contributed by atoms with Crippen LogP contribution < -0.4 is 0 Å². The lowest BCUT2D eigenvalue weighted by Gasteiger charge is -1.81. The summed E-state index contributed by atoms with van der Waals surface area (Å²) in [6.45, 7) is 0. The third kappa shape index (κ3) is 10.5. The summed E-state index contributed by atoms with van der Waals surface area (Å²) < 4.78 is 0. The minimum absolute atomic E-state index is 0.571. The molecule has 2 nitrogen and oxygen atoms in total. The highest BCUT2D eigenvalue weighted by atomic mass is 16.1. The Morgan fingerprint density at radius 1 is 0.786 bits per heavy atom. The minimum Gasteiger partial charge on any atom is -0.303 e. The van der Waals surface area contributed by atoms with Gasteiger partial charge in [-0.2, -0.15) is 0 Å². The lowest BCUT2D eigenvalue weighted by molar-refractivity contribution is -0.108. The molecule has 0 N–H and O–H groups in total. The van der Waals surface area contributed by atoms with E-state index in [9.17, 15) is 9.59 Å². The molecule has 0 spiro atoms. The smallest absolute Gasteiger partial charge is 0.120 e. The van der Waals surface area contributed by atoms with Gasteiger partial charge in [-0.3, -0.25) is 0 Å². The highest BCUT2D eigenvalue weighted by Crippen LogP contribution is 1.90. The van der Waals surface area contributed by atoms with E-state index < -0.39 is 0 Å². The topological polar surface area (TPSA) is 34.1 Å². The summed E-state index contributed by atoms with van der Waals surface area (Å²) in [6.07, 6.45) is 6.00. The average Bonchev–Trinajstić information content (AvgIpc) is 2.21. The van der Waals surface area contributed by atoms with Crippen molar-refractivity contribution in [3.05, 3.63) is 0 Å². The van der Waals surface area contributed by atoms with Gasteiger partial charge in [-0.05, 0) is 24.7 Å². The fourth-order valence-corrected chi connectivity index (χ4v) is 0.761. The zero-order chi connectivity index (χ0) is 10.5. The van der Waals surface area contributed by atoms with Crippen molar-refractivity contribution >= 4 is 12.6 Å². The Morgan fingerprint density at radius 3 is 1.57 bits per heavy atom. The number of aldehydes is 2. The van der Waals surface area contributed by atoms with Crippen LogP contribution in [0, 0.1) is 23.7 Å². The van der Waals surface area contributed by atoms with Crippen molar-refractivity contribution in [2.24, 2.45) is 0 Å². The van der Waals surface area contributed by atoms with Gasteiger partial charge in [0.05, 0.1) is 0 Å². The molecule has 0 atom stereocenters. The Kier molecular flexibility index (Phi) is 10.2. The van der Waals surface area contributed by atoms with Gasteiger partial charge < -0.3 is 9.59 Å². The molecule has 0 aliphatic rings. The predicted octanol–water partition coefficient (Wildman–Crippen LogP) is 1.73. The van der Waals surface area contributed by atoms with Gasteiger partial charge in [0.25, 0.3) is 0 Å². The number of hydrogen-bond acceptors (Lipinski definition) is 2. The molecule has 0 aliphatic carbocycles. The molecule has 0 unspecified atom stereocenters. The molecule has 0 fully saturated rings. The van der Waals surface area contributed by atoms with Gasteiger partial charge in [0.15, 0.2) is 0 Å². The van der Waals surface area contributed by atoms with Crippen LogP contribution in [0.2, 0.25) is 0 Å². The van der Waals surface area contributed by atoms with Crippen molar-refractivity contribution in [1.82, 2.24) is 0 Å². The molecule has 0 aromatic heterocycles. The number of carbonyl (C=O) groups is 2. The fraction of sp³-hybridized carbons (Fsp3) is 0.500. The molecule has 74 valence electrons. The lowest BCUT2D eigenvalue weighted by Crippen LogP contribution is -1.74. The van der Waals surface area contributed by atoms with Crippen molar-refractivity contribution in [2.75, 3.05) is 0 Å². The van der Waals surface area contributed by atoms with E-state index in [1.165, 1.54) is 0 Å². The van der Waals surface area contributed by atoms with E-state index in [4.69, 9.17) is 0 Å². The Balaban J connectivity index is 3.38. The van der Waals surface area contributed by atoms with E-state index in [1.54, 1.807) is 0 Å². The minimum atomic E-state index is 0.571. The summed E-state index contributed by atoms with van der Waals surface area (Å²) in [6, 6.07) is 0. The van der Waals surface area contributed by atoms with E-state index in [0.29, 0.717) is 12.8 Å². The normalized spacial score (nSPS) is 7.71. The third-order valence-corrected chi connectivity index (χ3v) is 1.49. The zero-order valence-electron chi connectivity index (χ0n) is 8.21. The summed E-state index contributed by atoms with van der Waals surface area (Å²) >= 11 is 0. The number of rotatable bonds is 6. The quantitative estimate of drug-likeness (QED) is 0.363. The van der Waals surface area contributed by atoms with E-state index in [-0.39, 0.29) is 0 Å². The molecule has 0 saturated carbocycles. The van der Waals surface area contributed by atoms with E-state index >= 15 is 0 Å². The van der Waals surface area contributed by atoms with Crippen LogP contribution in [-0.2, 0) is 9.59 Å². The zero-order valence-corrected chi connectivity index (χ0v) is 8.21. The molecule has 0 saturated heterocycles. The van der Waals surface area contributed by atoms with Crippen LogP contribution in [0.1, 0.15) is 38.5 Å². The Labute approximate surface area is 85.1 Å². The second-order valence-corrected chi connectivity index (χ2v) is 2.72. The maximum Gasteiger partial charge on any atom is 0.120 e. The van der Waals surface area contributed by atoms with Crippen LogP contribution in [0.25, 0.3) is 0 Å². The molecule has 0 aliphatic heterocycles. The first kappa shape index (κ1) is 12.5. The van der Waals surface area contributed by atoms with Gasteiger partial charge in [-0.1, -0.05) is 11.8 Å². The van der Waals surface area contributed by atoms with Gasteiger partial charge in [0.1, 0.15) is 12.6 Å². The molecule has 0 amide bonds. The van der Waals surface area contributed by atoms with E-state index in [0.717, 1.165) is 38.3 Å². The van der Waals surface area contributed by atoms with Crippen molar-refractivity contribution in [3.63, 3.8) is 0 Å². The SMILES string of the molecule is O=CCCCC#CC#CCCCC=O. The van der Waals surface area contributed by atoms with Crippen molar-refractivity contribution in [2.45, 2.75) is 38.5 Å². The fourth-order valence-electron chi connectivity index (χ4n) is 0.761. The maximum atomic E-state index is 9.94. The average molecular weight is 190 g/mol. The van der Waals surface area contributed by atoms with Gasteiger partial charge in [0, 0.05) is 25.7 Å². The Hall–Kier alpha value is -1.54. The largest absolute Gasteiger partial charge is 0.303 e. The first-order valence-corrected chi connectivity index (χ1v) is 4.75. The maximum absolute atomic E-state index is 9.94. The molecule has 0 aromatic rings. The number of carbonyl (C=O) groups excluding carboxylic acids is 2. The van der Waals surface area contributed by atoms with Crippen LogP contribution in [0.3, 0.4) is 0 Å². The molecule has 2 heteroatoms. The summed E-state index contributed by atoms with van der Waals surface area (Å²) in [4.78, 5) is 19.9. The van der Waals surface area contributed by atoms with Crippen molar-refractivity contribution < 1.29 is 9.59 Å². The van der Waals surface area contributed by atoms with Crippen LogP contribution >= 0.6 is 0 Å². The first-order valence-electron chi connectivity index (χ1n) is 4.75. The monoisotopic (exact) mass is 190 g/mol. The van der Waals surface area contributed by atoms with Gasteiger partial charge in [0.2, 0.25) is 0 Å². The Bertz CT molecular complexity index is 240. The third-order valence-electron chi connectivity index (χ3n) is 1.49. The molecule has 0 bridgehead atoms. The predicted molar refractivity (Wildman–Crippen MR) is 55.4 cm³/mol. The van der Waals surface area contributed by atoms with E-state index in [2.05, 4.69) is 23.7 Å². The highest BCUT2D eigenvalue weighted by molar-refractivity contribution is 5.49. The van der Waals surface area contributed by atoms with E-state index in [1.807, 2.05) is 0 Å². The highest BCUT2D eigenvalue weighted by Gasteiger charge is 1.80. The van der Waals surface area contributed by atoms with Gasteiger partial charge >= 0.3 is 0 Å². The second kappa shape index (κ2) is 11.5. The summed E-state index contributed by atoms with van der Waals surface area (Å²) in [5, 5.41) is 0. The second-order valence-electron chi connectivity index (χ2n) is 2.72. The Morgan fingerprint density at radius 2 is 1.21 bits per heavy atom. The van der Waals surface area contributed by atoms with Gasteiger partial charge in [-0.15, -0.1) is 0 Å². The summed E-state index contributed by atoms with van der Waals surface area (Å²) in [5.41, 5.74) is 0. The lowest BCUT2D eigenvalue weighted by atomic mass is 10.2. The molecule has 0 heterocycles. The first-order chi connectivity index (χ1) is 6.91. The summed E-state index contributed by atoms with van der Waals surface area (Å²) in [5.74, 6) is 11.1. The molecular formula is C12H14O2. The van der Waals surface area contributed by atoms with Gasteiger partial charge in [-0.25, -0.2) is 0 Å². The molecule has 14 heavy (non-hydrogen) atoms. The molecular weight excluding hydrogens is 176 g/mol. The standard InChI is InChI=1S/C12H14O2/c13-11-9-7-5-3-1-2-4-6-8-10-12-14/h11-12H,5-10H2. The van der Waals surface area contributed by atoms with Crippen molar-refractivity contribution in [3.8, 4) is 23.7 Å². The summed E-state index contributed by atoms with van der Waals surface area (Å²) in [7, 11) is 0. The molecule has 0 radical (unpaired) electrons. The molecule has 0 rings (SSSR count). The number of hydrogen-bond donors (Lipinski definition) is 0. The van der Waals surface area contributed by atoms with Crippen LogP contribution in [0.4, 0.5) is 0 Å². The number of unbranched alkanes of at least 4 members (excludes halogenated alkanes) is 4. The molecule has 0 aromatic carbocycles.